The van der Waals surface area contributed by atoms with Crippen molar-refractivity contribution < 1.29 is 4.79 Å². The second-order valence-electron chi connectivity index (χ2n) is 2.85. The molecule has 0 aromatic carbocycles. The molecule has 0 unspecified atom stereocenters. The maximum absolute atomic E-state index is 10.1. The molecule has 1 heteroatoms. The fraction of sp³-hybridized carbons (Fsp3) is 0.364. The van der Waals surface area contributed by atoms with E-state index >= 15 is 0 Å². The summed E-state index contributed by atoms with van der Waals surface area (Å²) in [6, 6.07) is 0. The number of aldehydes is 1. The molecule has 0 bridgehead atoms. The molecule has 0 spiro atoms. The van der Waals surface area contributed by atoms with E-state index in [0.717, 1.165) is 30.3 Å². The van der Waals surface area contributed by atoms with Crippen LogP contribution in [0.2, 0.25) is 0 Å². The van der Waals surface area contributed by atoms with Crippen LogP contribution in [0.25, 0.3) is 0 Å². The number of terminal acetylenes is 1. The molecule has 1 aliphatic carbocycles. The molecule has 1 rings (SSSR count). The highest BCUT2D eigenvalue weighted by atomic mass is 16.1. The average Bonchev–Trinajstić information content (AvgIpc) is 2.15. The molecule has 0 saturated heterocycles. The van der Waals surface area contributed by atoms with Crippen LogP contribution in [-0.2, 0) is 4.79 Å². The third kappa shape index (κ3) is 2.10. The van der Waals surface area contributed by atoms with Crippen molar-refractivity contribution in [2.24, 2.45) is 0 Å². The van der Waals surface area contributed by atoms with Gasteiger partial charge in [-0.1, -0.05) is 12.0 Å². The third-order valence-electron chi connectivity index (χ3n) is 2.06. The molecule has 0 aromatic rings. The first-order valence-corrected chi connectivity index (χ1v) is 4.19. The highest BCUT2D eigenvalue weighted by Crippen LogP contribution is 2.24. The number of rotatable bonds is 2. The second-order valence-corrected chi connectivity index (χ2v) is 2.85. The summed E-state index contributed by atoms with van der Waals surface area (Å²) in [6.07, 6.45) is 13.8. The molecule has 0 atom stereocenters. The molecule has 0 radical (unpaired) electrons. The minimum absolute atomic E-state index is 0.787. The zero-order valence-corrected chi connectivity index (χ0v) is 7.05. The normalized spacial score (nSPS) is 17.9. The van der Waals surface area contributed by atoms with Crippen LogP contribution in [0.15, 0.2) is 23.3 Å². The molecular weight excluding hydrogens is 148 g/mol. The van der Waals surface area contributed by atoms with Gasteiger partial charge < -0.3 is 0 Å². The molecular formula is C11H12O. The van der Waals surface area contributed by atoms with E-state index in [1.807, 2.05) is 6.08 Å². The van der Waals surface area contributed by atoms with Crippen molar-refractivity contribution in [2.75, 3.05) is 0 Å². The lowest BCUT2D eigenvalue weighted by Crippen LogP contribution is -1.95. The van der Waals surface area contributed by atoms with E-state index < -0.39 is 0 Å². The van der Waals surface area contributed by atoms with Gasteiger partial charge in [0.2, 0.25) is 0 Å². The zero-order valence-electron chi connectivity index (χ0n) is 7.05. The molecule has 0 heterocycles. The van der Waals surface area contributed by atoms with Crippen LogP contribution < -0.4 is 0 Å². The van der Waals surface area contributed by atoms with Crippen molar-refractivity contribution in [3.05, 3.63) is 23.3 Å². The Kier molecular flexibility index (Phi) is 3.35. The number of hydrogen-bond donors (Lipinski definition) is 0. The Morgan fingerprint density at radius 1 is 1.33 bits per heavy atom. The third-order valence-corrected chi connectivity index (χ3v) is 2.06. The Labute approximate surface area is 73.2 Å². The van der Waals surface area contributed by atoms with E-state index in [9.17, 15) is 4.79 Å². The first-order valence-electron chi connectivity index (χ1n) is 4.19. The van der Waals surface area contributed by atoms with Crippen molar-refractivity contribution in [1.29, 1.82) is 0 Å². The zero-order chi connectivity index (χ0) is 8.81. The second kappa shape index (κ2) is 4.56. The van der Waals surface area contributed by atoms with Crippen molar-refractivity contribution in [2.45, 2.75) is 25.7 Å². The van der Waals surface area contributed by atoms with Crippen molar-refractivity contribution in [3.8, 4) is 12.3 Å². The Bertz CT molecular complexity index is 263. The molecule has 0 N–H and O–H groups in total. The molecule has 12 heavy (non-hydrogen) atoms. The van der Waals surface area contributed by atoms with Crippen molar-refractivity contribution in [1.82, 2.24) is 0 Å². The molecule has 0 aromatic heterocycles. The SMILES string of the molecule is C#CC1=C(/C=C/C=O)CCCC1. The van der Waals surface area contributed by atoms with Gasteiger partial charge in [0.15, 0.2) is 0 Å². The summed E-state index contributed by atoms with van der Waals surface area (Å²) in [6.45, 7) is 0. The molecule has 0 saturated carbocycles. The van der Waals surface area contributed by atoms with Crippen LogP contribution in [0.1, 0.15) is 25.7 Å². The first kappa shape index (κ1) is 8.80. The largest absolute Gasteiger partial charge is 0.299 e. The van der Waals surface area contributed by atoms with E-state index in [-0.39, 0.29) is 0 Å². The van der Waals surface area contributed by atoms with Crippen LogP contribution in [-0.4, -0.2) is 6.29 Å². The minimum atomic E-state index is 0.787. The van der Waals surface area contributed by atoms with Crippen LogP contribution in [0.4, 0.5) is 0 Å². The minimum Gasteiger partial charge on any atom is -0.299 e. The lowest BCUT2D eigenvalue weighted by Gasteiger charge is -2.12. The van der Waals surface area contributed by atoms with E-state index in [1.165, 1.54) is 18.9 Å². The summed E-state index contributed by atoms with van der Waals surface area (Å²) in [5, 5.41) is 0. The predicted octanol–water partition coefficient (Wildman–Crippen LogP) is 2.25. The van der Waals surface area contributed by atoms with Gasteiger partial charge in [-0.3, -0.25) is 4.79 Å². The van der Waals surface area contributed by atoms with E-state index in [1.54, 1.807) is 0 Å². The maximum Gasteiger partial charge on any atom is 0.142 e. The fourth-order valence-electron chi connectivity index (χ4n) is 1.43. The van der Waals surface area contributed by atoms with Crippen LogP contribution in [0.3, 0.4) is 0 Å². The molecule has 1 aliphatic rings. The highest BCUT2D eigenvalue weighted by Gasteiger charge is 2.07. The van der Waals surface area contributed by atoms with Gasteiger partial charge in [0.05, 0.1) is 0 Å². The van der Waals surface area contributed by atoms with E-state index in [0.29, 0.717) is 0 Å². The highest BCUT2D eigenvalue weighted by molar-refractivity contribution is 5.66. The molecule has 0 amide bonds. The van der Waals surface area contributed by atoms with Gasteiger partial charge in [0.1, 0.15) is 6.29 Å². The lowest BCUT2D eigenvalue weighted by molar-refractivity contribution is -0.104. The number of carbonyl (C=O) groups is 1. The van der Waals surface area contributed by atoms with Crippen LogP contribution >= 0.6 is 0 Å². The number of carbonyl (C=O) groups excluding carboxylic acids is 1. The summed E-state index contributed by atoms with van der Waals surface area (Å²) >= 11 is 0. The first-order chi connectivity index (χ1) is 5.88. The fourth-order valence-corrected chi connectivity index (χ4v) is 1.43. The van der Waals surface area contributed by atoms with Gasteiger partial charge in [-0.15, -0.1) is 6.42 Å². The van der Waals surface area contributed by atoms with Gasteiger partial charge in [0.25, 0.3) is 0 Å². The average molecular weight is 160 g/mol. The molecule has 62 valence electrons. The summed E-state index contributed by atoms with van der Waals surface area (Å²) in [5.74, 6) is 2.68. The van der Waals surface area contributed by atoms with E-state index in [4.69, 9.17) is 6.42 Å². The van der Waals surface area contributed by atoms with Crippen LogP contribution in [0, 0.1) is 12.3 Å². The quantitative estimate of drug-likeness (QED) is 0.344. The van der Waals surface area contributed by atoms with Gasteiger partial charge >= 0.3 is 0 Å². The summed E-state index contributed by atoms with van der Waals surface area (Å²) < 4.78 is 0. The Morgan fingerprint density at radius 2 is 2.08 bits per heavy atom. The standard InChI is InChI=1S/C11H12O/c1-2-10-6-3-4-7-11(10)8-5-9-12/h1,5,8-9H,3-4,6-7H2/b8-5+. The predicted molar refractivity (Wildman–Crippen MR) is 49.5 cm³/mol. The van der Waals surface area contributed by atoms with E-state index in [2.05, 4.69) is 5.92 Å². The Balaban J connectivity index is 2.81. The smallest absolute Gasteiger partial charge is 0.142 e. The summed E-state index contributed by atoms with van der Waals surface area (Å²) in [5.41, 5.74) is 2.23. The van der Waals surface area contributed by atoms with Crippen molar-refractivity contribution in [3.63, 3.8) is 0 Å². The Morgan fingerprint density at radius 3 is 2.75 bits per heavy atom. The topological polar surface area (TPSA) is 17.1 Å². The molecule has 1 nitrogen and oxygen atoms in total. The van der Waals surface area contributed by atoms with Gasteiger partial charge in [-0.05, 0) is 37.3 Å². The van der Waals surface area contributed by atoms with Gasteiger partial charge in [-0.25, -0.2) is 0 Å². The van der Waals surface area contributed by atoms with Gasteiger partial charge in [-0.2, -0.15) is 0 Å². The van der Waals surface area contributed by atoms with Crippen molar-refractivity contribution >= 4 is 6.29 Å². The maximum atomic E-state index is 10.1. The molecule has 0 fully saturated rings. The molecule has 0 aliphatic heterocycles. The Hall–Kier alpha value is -1.29. The number of hydrogen-bond acceptors (Lipinski definition) is 1. The monoisotopic (exact) mass is 160 g/mol. The number of allylic oxidation sites excluding steroid dienone is 4. The summed E-state index contributed by atoms with van der Waals surface area (Å²) in [4.78, 5) is 10.1. The summed E-state index contributed by atoms with van der Waals surface area (Å²) in [7, 11) is 0. The van der Waals surface area contributed by atoms with Crippen LogP contribution in [0.5, 0.6) is 0 Å². The van der Waals surface area contributed by atoms with Gasteiger partial charge in [0, 0.05) is 5.57 Å². The lowest BCUT2D eigenvalue weighted by atomic mass is 9.92.